The van der Waals surface area contributed by atoms with Crippen LogP contribution in [0.25, 0.3) is 0 Å². The number of carbonyl (C=O) groups excluding carboxylic acids is 1. The first-order valence-electron chi connectivity index (χ1n) is 10.7. The van der Waals surface area contributed by atoms with Gasteiger partial charge in [-0.1, -0.05) is 12.1 Å². The number of amides is 1. The Labute approximate surface area is 185 Å². The van der Waals surface area contributed by atoms with Crippen molar-refractivity contribution in [3.63, 3.8) is 0 Å². The summed E-state index contributed by atoms with van der Waals surface area (Å²) in [4.78, 5) is 13.2. The van der Waals surface area contributed by atoms with E-state index in [4.69, 9.17) is 4.74 Å². The molecule has 0 unspecified atom stereocenters. The maximum atomic E-state index is 13.1. The lowest BCUT2D eigenvalue weighted by atomic mass is 9.95. The van der Waals surface area contributed by atoms with Gasteiger partial charge in [-0.05, 0) is 87.1 Å². The molecule has 168 valence electrons. The van der Waals surface area contributed by atoms with E-state index in [0.29, 0.717) is 25.1 Å². The number of methoxy groups -OCH3 is 1. The van der Waals surface area contributed by atoms with Crippen molar-refractivity contribution in [3.05, 3.63) is 58.7 Å². The Morgan fingerprint density at radius 1 is 1.10 bits per heavy atom. The minimum Gasteiger partial charge on any atom is -0.497 e. The fourth-order valence-corrected chi connectivity index (χ4v) is 5.65. The Kier molecular flexibility index (Phi) is 7.06. The molecule has 0 saturated carbocycles. The molecule has 2 atom stereocenters. The van der Waals surface area contributed by atoms with Gasteiger partial charge in [0.2, 0.25) is 15.9 Å². The lowest BCUT2D eigenvalue weighted by Crippen LogP contribution is -2.45. The molecule has 0 spiro atoms. The molecular weight excluding hydrogens is 412 g/mol. The number of nitrogens with zero attached hydrogens (tertiary/aromatic N) is 1. The number of carbonyl (C=O) groups is 1. The van der Waals surface area contributed by atoms with E-state index in [9.17, 15) is 13.2 Å². The lowest BCUT2D eigenvalue weighted by Gasteiger charge is -2.32. The minimum atomic E-state index is -3.65. The third kappa shape index (κ3) is 5.10. The Morgan fingerprint density at radius 3 is 2.39 bits per heavy atom. The zero-order valence-corrected chi connectivity index (χ0v) is 19.8. The second kappa shape index (κ2) is 9.40. The van der Waals surface area contributed by atoms with Crippen LogP contribution in [0.2, 0.25) is 0 Å². The minimum absolute atomic E-state index is 0.0974. The van der Waals surface area contributed by atoms with Crippen LogP contribution in [0.15, 0.2) is 41.3 Å². The zero-order valence-electron chi connectivity index (χ0n) is 18.9. The summed E-state index contributed by atoms with van der Waals surface area (Å²) < 4.78 is 32.7. The van der Waals surface area contributed by atoms with Crippen molar-refractivity contribution in [2.45, 2.75) is 51.5 Å². The first kappa shape index (κ1) is 23.3. The molecule has 3 rings (SSSR count). The first-order valence-corrected chi connectivity index (χ1v) is 12.1. The van der Waals surface area contributed by atoms with Crippen molar-refractivity contribution in [3.8, 4) is 5.75 Å². The van der Waals surface area contributed by atoms with E-state index in [2.05, 4.69) is 31.3 Å². The molecule has 1 fully saturated rings. The van der Waals surface area contributed by atoms with Gasteiger partial charge < -0.3 is 10.1 Å². The van der Waals surface area contributed by atoms with Crippen LogP contribution in [0.3, 0.4) is 0 Å². The average Bonchev–Trinajstić information content (AvgIpc) is 2.76. The molecule has 2 aromatic carbocycles. The molecular formula is C24H32N2O4S. The molecule has 0 aliphatic carbocycles. The highest BCUT2D eigenvalue weighted by molar-refractivity contribution is 7.89. The molecule has 1 N–H and O–H groups in total. The number of nitrogens with one attached hydrogen (secondary N) is 1. The standard InChI is InChI=1S/C24H32N2O4S/c1-16-13-18(3)23(14-17(16)2)19(4)25-24(27)20-7-6-12-26(15-20)31(28,29)22-10-8-21(30-5)9-11-22/h8-11,13-14,19-20H,6-7,12,15H2,1-5H3,(H,25,27)/t19-,20-/m0/s1. The summed E-state index contributed by atoms with van der Waals surface area (Å²) in [5.74, 6) is 0.140. The summed E-state index contributed by atoms with van der Waals surface area (Å²) in [6, 6.07) is 10.5. The maximum absolute atomic E-state index is 13.1. The van der Waals surface area contributed by atoms with E-state index in [0.717, 1.165) is 11.1 Å². The number of hydrogen-bond donors (Lipinski definition) is 1. The van der Waals surface area contributed by atoms with E-state index < -0.39 is 10.0 Å². The zero-order chi connectivity index (χ0) is 22.8. The van der Waals surface area contributed by atoms with E-state index >= 15 is 0 Å². The summed E-state index contributed by atoms with van der Waals surface area (Å²) in [7, 11) is -2.11. The Morgan fingerprint density at radius 2 is 1.74 bits per heavy atom. The number of rotatable bonds is 6. The lowest BCUT2D eigenvalue weighted by molar-refractivity contribution is -0.126. The summed E-state index contributed by atoms with van der Waals surface area (Å²) in [6.07, 6.45) is 1.34. The molecule has 1 amide bonds. The third-order valence-electron chi connectivity index (χ3n) is 6.16. The maximum Gasteiger partial charge on any atom is 0.243 e. The van der Waals surface area contributed by atoms with Crippen LogP contribution in [0.5, 0.6) is 5.75 Å². The van der Waals surface area contributed by atoms with Crippen molar-refractivity contribution in [2.24, 2.45) is 5.92 Å². The third-order valence-corrected chi connectivity index (χ3v) is 8.04. The van der Waals surface area contributed by atoms with Crippen molar-refractivity contribution >= 4 is 15.9 Å². The molecule has 1 saturated heterocycles. The molecule has 1 aliphatic rings. The van der Waals surface area contributed by atoms with E-state index in [1.165, 1.54) is 22.5 Å². The Hall–Kier alpha value is -2.38. The predicted molar refractivity (Wildman–Crippen MR) is 122 cm³/mol. The van der Waals surface area contributed by atoms with Gasteiger partial charge in [0.05, 0.1) is 24.0 Å². The van der Waals surface area contributed by atoms with E-state index in [1.54, 1.807) is 24.3 Å². The summed E-state index contributed by atoms with van der Waals surface area (Å²) >= 11 is 0. The fraction of sp³-hybridized carbons (Fsp3) is 0.458. The average molecular weight is 445 g/mol. The van der Waals surface area contributed by atoms with Crippen LogP contribution in [-0.2, 0) is 14.8 Å². The van der Waals surface area contributed by atoms with Crippen LogP contribution < -0.4 is 10.1 Å². The number of piperidine rings is 1. The number of ether oxygens (including phenoxy) is 1. The molecule has 1 aliphatic heterocycles. The second-order valence-corrected chi connectivity index (χ2v) is 10.3. The smallest absolute Gasteiger partial charge is 0.243 e. The summed E-state index contributed by atoms with van der Waals surface area (Å²) in [5, 5.41) is 3.10. The van der Waals surface area contributed by atoms with Gasteiger partial charge >= 0.3 is 0 Å². The van der Waals surface area contributed by atoms with Gasteiger partial charge in [0.25, 0.3) is 0 Å². The number of sulfonamides is 1. The van der Waals surface area contributed by atoms with Gasteiger partial charge in [0.1, 0.15) is 5.75 Å². The fourth-order valence-electron chi connectivity index (χ4n) is 4.13. The molecule has 0 bridgehead atoms. The van der Waals surface area contributed by atoms with E-state index in [1.807, 2.05) is 13.8 Å². The van der Waals surface area contributed by atoms with E-state index in [-0.39, 0.29) is 29.3 Å². The molecule has 1 heterocycles. The first-order chi connectivity index (χ1) is 14.6. The van der Waals surface area contributed by atoms with Gasteiger partial charge in [-0.3, -0.25) is 4.79 Å². The number of aryl methyl sites for hydroxylation is 3. The normalized spacial score (nSPS) is 18.4. The van der Waals surface area contributed by atoms with Crippen LogP contribution in [0, 0.1) is 26.7 Å². The van der Waals surface area contributed by atoms with Gasteiger partial charge in [-0.25, -0.2) is 8.42 Å². The van der Waals surface area contributed by atoms with Gasteiger partial charge in [-0.15, -0.1) is 0 Å². The number of hydrogen-bond acceptors (Lipinski definition) is 4. The largest absolute Gasteiger partial charge is 0.497 e. The molecule has 0 aromatic heterocycles. The second-order valence-electron chi connectivity index (χ2n) is 8.40. The van der Waals surface area contributed by atoms with Crippen molar-refractivity contribution in [1.82, 2.24) is 9.62 Å². The molecule has 7 heteroatoms. The van der Waals surface area contributed by atoms with Crippen LogP contribution >= 0.6 is 0 Å². The van der Waals surface area contributed by atoms with Crippen LogP contribution in [0.4, 0.5) is 0 Å². The van der Waals surface area contributed by atoms with Crippen LogP contribution in [-0.4, -0.2) is 38.8 Å². The van der Waals surface area contributed by atoms with Crippen molar-refractivity contribution < 1.29 is 17.9 Å². The predicted octanol–water partition coefficient (Wildman–Crippen LogP) is 3.90. The SMILES string of the molecule is COc1ccc(S(=O)(=O)N2CCC[C@H](C(=O)N[C@@H](C)c3cc(C)c(C)cc3C)C2)cc1. The Bertz CT molecular complexity index is 1050. The summed E-state index contributed by atoms with van der Waals surface area (Å²) in [6.45, 7) is 8.78. The van der Waals surface area contributed by atoms with Gasteiger partial charge in [0.15, 0.2) is 0 Å². The quantitative estimate of drug-likeness (QED) is 0.733. The topological polar surface area (TPSA) is 75.7 Å². The summed E-state index contributed by atoms with van der Waals surface area (Å²) in [5.41, 5.74) is 4.65. The van der Waals surface area contributed by atoms with Crippen LogP contribution in [0.1, 0.15) is 48.1 Å². The molecule has 31 heavy (non-hydrogen) atoms. The monoisotopic (exact) mass is 444 g/mol. The molecule has 6 nitrogen and oxygen atoms in total. The molecule has 0 radical (unpaired) electrons. The number of benzene rings is 2. The van der Waals surface area contributed by atoms with Gasteiger partial charge in [-0.2, -0.15) is 4.31 Å². The highest BCUT2D eigenvalue weighted by Gasteiger charge is 2.33. The van der Waals surface area contributed by atoms with Gasteiger partial charge in [0, 0.05) is 13.1 Å². The van der Waals surface area contributed by atoms with Crippen molar-refractivity contribution in [1.29, 1.82) is 0 Å². The molecule has 2 aromatic rings. The van der Waals surface area contributed by atoms with Crippen molar-refractivity contribution in [2.75, 3.05) is 20.2 Å². The highest BCUT2D eigenvalue weighted by atomic mass is 32.2. The Balaban J connectivity index is 1.71. The highest BCUT2D eigenvalue weighted by Crippen LogP contribution is 2.27.